The zero-order chi connectivity index (χ0) is 9.64. The van der Waals surface area contributed by atoms with Gasteiger partial charge in [0.2, 0.25) is 0 Å². The maximum Gasteiger partial charge on any atom is 0.0700 e. The molecule has 92 valence electrons. The summed E-state index contributed by atoms with van der Waals surface area (Å²) in [5.74, 6) is 0. The number of nitrogens with zero attached hydrogens (tertiary/aromatic N) is 1. The molecule has 1 aliphatic rings. The van der Waals surface area contributed by atoms with Gasteiger partial charge in [0.15, 0.2) is 0 Å². The first-order valence-electron chi connectivity index (χ1n) is 5.16. The number of hydrogen-bond acceptors (Lipinski definition) is 3. The van der Waals surface area contributed by atoms with E-state index in [2.05, 4.69) is 16.4 Å². The molecule has 1 aromatic rings. The van der Waals surface area contributed by atoms with Gasteiger partial charge in [-0.15, -0.1) is 34.0 Å². The second-order valence-corrected chi connectivity index (χ2v) is 3.63. The van der Waals surface area contributed by atoms with Crippen molar-refractivity contribution in [3.8, 4) is 0 Å². The predicted octanol–water partition coefficient (Wildman–Crippen LogP) is 2.51. The molecule has 1 atom stereocenters. The molecule has 0 aromatic carbocycles. The standard InChI is InChI=1S/C11H16N2O.2BrH/c1-3-10(7-12-5-1)8-13-9-11-4-2-6-14-11;;/h1,3,5,7,11,13H,2,4,6,8-9H2;2*1H. The van der Waals surface area contributed by atoms with Crippen molar-refractivity contribution in [2.45, 2.75) is 25.5 Å². The van der Waals surface area contributed by atoms with Gasteiger partial charge >= 0.3 is 0 Å². The van der Waals surface area contributed by atoms with E-state index in [0.29, 0.717) is 6.10 Å². The topological polar surface area (TPSA) is 34.2 Å². The highest BCUT2D eigenvalue weighted by Crippen LogP contribution is 2.10. The summed E-state index contributed by atoms with van der Waals surface area (Å²) in [6.45, 7) is 2.77. The van der Waals surface area contributed by atoms with E-state index in [1.807, 2.05) is 12.3 Å². The van der Waals surface area contributed by atoms with E-state index < -0.39 is 0 Å². The van der Waals surface area contributed by atoms with E-state index in [-0.39, 0.29) is 34.0 Å². The Morgan fingerprint density at radius 3 is 2.94 bits per heavy atom. The number of hydrogen-bond donors (Lipinski definition) is 1. The molecule has 0 saturated carbocycles. The van der Waals surface area contributed by atoms with Gasteiger partial charge in [-0.2, -0.15) is 0 Å². The van der Waals surface area contributed by atoms with E-state index in [1.54, 1.807) is 6.20 Å². The van der Waals surface area contributed by atoms with Crippen LogP contribution < -0.4 is 5.32 Å². The fourth-order valence-electron chi connectivity index (χ4n) is 1.69. The molecule has 0 amide bonds. The lowest BCUT2D eigenvalue weighted by molar-refractivity contribution is 0.110. The highest BCUT2D eigenvalue weighted by Gasteiger charge is 2.14. The number of aromatic nitrogens is 1. The fourth-order valence-corrected chi connectivity index (χ4v) is 1.69. The average Bonchev–Trinajstić information content (AvgIpc) is 2.72. The van der Waals surface area contributed by atoms with E-state index in [1.165, 1.54) is 18.4 Å². The van der Waals surface area contributed by atoms with Crippen molar-refractivity contribution in [3.05, 3.63) is 30.1 Å². The summed E-state index contributed by atoms with van der Waals surface area (Å²) in [7, 11) is 0. The van der Waals surface area contributed by atoms with Crippen LogP contribution in [0.25, 0.3) is 0 Å². The van der Waals surface area contributed by atoms with Gasteiger partial charge in [-0.1, -0.05) is 6.07 Å². The van der Waals surface area contributed by atoms with Crippen LogP contribution in [0.2, 0.25) is 0 Å². The molecule has 16 heavy (non-hydrogen) atoms. The Bertz CT molecular complexity index is 266. The average molecular weight is 354 g/mol. The minimum atomic E-state index is 0. The summed E-state index contributed by atoms with van der Waals surface area (Å²) in [5, 5.41) is 3.38. The van der Waals surface area contributed by atoms with Gasteiger partial charge in [-0.05, 0) is 24.5 Å². The Labute approximate surface area is 118 Å². The van der Waals surface area contributed by atoms with Crippen molar-refractivity contribution < 1.29 is 4.74 Å². The number of halogens is 2. The molecule has 1 saturated heterocycles. The molecule has 1 aromatic heterocycles. The molecule has 3 nitrogen and oxygen atoms in total. The Morgan fingerprint density at radius 2 is 2.31 bits per heavy atom. The molecule has 0 spiro atoms. The van der Waals surface area contributed by atoms with Gasteiger partial charge < -0.3 is 10.1 Å². The maximum atomic E-state index is 5.51. The Hall–Kier alpha value is 0.0300. The Kier molecular flexibility index (Phi) is 9.12. The van der Waals surface area contributed by atoms with Crippen LogP contribution in [0.4, 0.5) is 0 Å². The number of rotatable bonds is 4. The van der Waals surface area contributed by atoms with Crippen molar-refractivity contribution in [2.75, 3.05) is 13.2 Å². The summed E-state index contributed by atoms with van der Waals surface area (Å²) in [6, 6.07) is 4.04. The van der Waals surface area contributed by atoms with Crippen molar-refractivity contribution in [1.82, 2.24) is 10.3 Å². The van der Waals surface area contributed by atoms with Crippen molar-refractivity contribution in [2.24, 2.45) is 0 Å². The molecular formula is C11H18Br2N2O. The van der Waals surface area contributed by atoms with Crippen LogP contribution in [0.3, 0.4) is 0 Å². The monoisotopic (exact) mass is 352 g/mol. The minimum Gasteiger partial charge on any atom is -0.377 e. The van der Waals surface area contributed by atoms with E-state index in [9.17, 15) is 0 Å². The molecule has 2 heterocycles. The van der Waals surface area contributed by atoms with Crippen LogP contribution in [0, 0.1) is 0 Å². The van der Waals surface area contributed by atoms with Gasteiger partial charge in [0.1, 0.15) is 0 Å². The minimum absolute atomic E-state index is 0. The van der Waals surface area contributed by atoms with Gasteiger partial charge in [0.25, 0.3) is 0 Å². The molecule has 1 N–H and O–H groups in total. The first-order valence-corrected chi connectivity index (χ1v) is 5.16. The summed E-state index contributed by atoms with van der Waals surface area (Å²) in [6.07, 6.45) is 6.51. The Balaban J connectivity index is 0.00000112. The smallest absolute Gasteiger partial charge is 0.0700 e. The molecule has 1 unspecified atom stereocenters. The van der Waals surface area contributed by atoms with E-state index in [4.69, 9.17) is 4.74 Å². The SMILES string of the molecule is Br.Br.c1cncc(CNCC2CCCO2)c1. The highest BCUT2D eigenvalue weighted by atomic mass is 79.9. The van der Waals surface area contributed by atoms with Gasteiger partial charge in [0.05, 0.1) is 6.10 Å². The number of ether oxygens (including phenoxy) is 1. The highest BCUT2D eigenvalue weighted by molar-refractivity contribution is 8.93. The zero-order valence-corrected chi connectivity index (χ0v) is 12.5. The third-order valence-electron chi connectivity index (χ3n) is 2.45. The lowest BCUT2D eigenvalue weighted by Gasteiger charge is -2.10. The molecule has 2 rings (SSSR count). The number of nitrogens with one attached hydrogen (secondary N) is 1. The van der Waals surface area contributed by atoms with Gasteiger partial charge in [-0.3, -0.25) is 4.98 Å². The normalized spacial score (nSPS) is 18.6. The third-order valence-corrected chi connectivity index (χ3v) is 2.45. The van der Waals surface area contributed by atoms with Crippen LogP contribution in [0.5, 0.6) is 0 Å². The van der Waals surface area contributed by atoms with Crippen LogP contribution in [-0.4, -0.2) is 24.2 Å². The van der Waals surface area contributed by atoms with Crippen LogP contribution >= 0.6 is 34.0 Å². The fraction of sp³-hybridized carbons (Fsp3) is 0.545. The largest absolute Gasteiger partial charge is 0.377 e. The van der Waals surface area contributed by atoms with E-state index in [0.717, 1.165) is 19.7 Å². The van der Waals surface area contributed by atoms with E-state index >= 15 is 0 Å². The third kappa shape index (κ3) is 5.39. The summed E-state index contributed by atoms with van der Waals surface area (Å²) in [5.41, 5.74) is 1.23. The second-order valence-electron chi connectivity index (χ2n) is 3.63. The second kappa shape index (κ2) is 9.10. The lowest BCUT2D eigenvalue weighted by Crippen LogP contribution is -2.25. The quantitative estimate of drug-likeness (QED) is 0.903. The summed E-state index contributed by atoms with van der Waals surface area (Å²) in [4.78, 5) is 4.06. The summed E-state index contributed by atoms with van der Waals surface area (Å²) < 4.78 is 5.51. The lowest BCUT2D eigenvalue weighted by atomic mass is 10.2. The van der Waals surface area contributed by atoms with Gasteiger partial charge in [0, 0.05) is 32.1 Å². The van der Waals surface area contributed by atoms with Crippen LogP contribution in [0.1, 0.15) is 18.4 Å². The molecule has 1 aliphatic heterocycles. The zero-order valence-electron chi connectivity index (χ0n) is 9.09. The first kappa shape index (κ1) is 16.0. The first-order chi connectivity index (χ1) is 6.95. The maximum absolute atomic E-state index is 5.51. The van der Waals surface area contributed by atoms with Crippen molar-refractivity contribution in [1.29, 1.82) is 0 Å². The predicted molar refractivity (Wildman–Crippen MR) is 75.6 cm³/mol. The van der Waals surface area contributed by atoms with Crippen LogP contribution in [-0.2, 0) is 11.3 Å². The summed E-state index contributed by atoms with van der Waals surface area (Å²) >= 11 is 0. The molecule has 1 fully saturated rings. The molecule has 0 bridgehead atoms. The van der Waals surface area contributed by atoms with Crippen molar-refractivity contribution in [3.63, 3.8) is 0 Å². The molecule has 0 aliphatic carbocycles. The molecule has 0 radical (unpaired) electrons. The number of pyridine rings is 1. The van der Waals surface area contributed by atoms with Crippen LogP contribution in [0.15, 0.2) is 24.5 Å². The molecular weight excluding hydrogens is 336 g/mol. The molecule has 5 heteroatoms. The Morgan fingerprint density at radius 1 is 1.44 bits per heavy atom. The van der Waals surface area contributed by atoms with Gasteiger partial charge in [-0.25, -0.2) is 0 Å². The van der Waals surface area contributed by atoms with Crippen molar-refractivity contribution >= 4 is 34.0 Å².